The number of nitrogen functional groups attached to an aromatic ring is 1. The molecule has 1 saturated carbocycles. The second kappa shape index (κ2) is 5.40. The van der Waals surface area contributed by atoms with Crippen LogP contribution >= 0.6 is 0 Å². The zero-order valence-corrected chi connectivity index (χ0v) is 11.0. The van der Waals surface area contributed by atoms with E-state index in [4.69, 9.17) is 5.84 Å². The van der Waals surface area contributed by atoms with Gasteiger partial charge in [-0.1, -0.05) is 13.3 Å². The molecule has 1 aliphatic carbocycles. The van der Waals surface area contributed by atoms with Crippen molar-refractivity contribution < 1.29 is 4.92 Å². The fourth-order valence-corrected chi connectivity index (χ4v) is 2.30. The average Bonchev–Trinajstić information content (AvgIpc) is 3.16. The first-order valence-corrected chi connectivity index (χ1v) is 6.46. The largest absolute Gasteiger partial charge is 0.364 e. The molecule has 0 bridgehead atoms. The third-order valence-electron chi connectivity index (χ3n) is 3.59. The van der Waals surface area contributed by atoms with Gasteiger partial charge in [0.15, 0.2) is 0 Å². The molecule has 0 aromatic carbocycles. The van der Waals surface area contributed by atoms with Gasteiger partial charge in [0.1, 0.15) is 5.82 Å². The smallest absolute Gasteiger partial charge is 0.311 e. The maximum absolute atomic E-state index is 11.0. The molecule has 1 aromatic heterocycles. The van der Waals surface area contributed by atoms with Crippen molar-refractivity contribution in [1.29, 1.82) is 0 Å². The highest BCUT2D eigenvalue weighted by Crippen LogP contribution is 2.49. The van der Waals surface area contributed by atoms with Gasteiger partial charge in [0.05, 0.1) is 4.92 Å². The highest BCUT2D eigenvalue weighted by atomic mass is 16.6. The van der Waals surface area contributed by atoms with E-state index in [1.54, 1.807) is 0 Å². The van der Waals surface area contributed by atoms with Crippen LogP contribution in [0.4, 0.5) is 17.3 Å². The predicted molar refractivity (Wildman–Crippen MR) is 73.8 cm³/mol. The molecule has 1 aliphatic rings. The van der Waals surface area contributed by atoms with E-state index in [0.717, 1.165) is 19.4 Å². The van der Waals surface area contributed by atoms with Gasteiger partial charge in [-0.3, -0.25) is 10.1 Å². The van der Waals surface area contributed by atoms with E-state index in [0.29, 0.717) is 11.2 Å². The summed E-state index contributed by atoms with van der Waals surface area (Å²) in [5.41, 5.74) is 2.68. The standard InChI is InChI=1S/C12H19N5O2/c1-2-5-12(6-7-12)8-14-11-9(17(18)19)3-4-10(15-11)16-13/h3-4H,2,5-8,13H2,1H3,(H2,14,15,16). The van der Waals surface area contributed by atoms with Gasteiger partial charge in [0.25, 0.3) is 0 Å². The maximum atomic E-state index is 11.0. The molecule has 7 heteroatoms. The fraction of sp³-hybridized carbons (Fsp3) is 0.583. The molecule has 1 heterocycles. The van der Waals surface area contributed by atoms with Crippen LogP contribution in [0.2, 0.25) is 0 Å². The van der Waals surface area contributed by atoms with Crippen LogP contribution in [0.15, 0.2) is 12.1 Å². The molecule has 0 aliphatic heterocycles. The lowest BCUT2D eigenvalue weighted by Gasteiger charge is -2.15. The first kappa shape index (κ1) is 13.5. The zero-order valence-electron chi connectivity index (χ0n) is 11.0. The molecule has 0 amide bonds. The SMILES string of the molecule is CCCC1(CNc2nc(NN)ccc2[N+](=O)[O-])CC1. The first-order chi connectivity index (χ1) is 9.10. The van der Waals surface area contributed by atoms with E-state index in [-0.39, 0.29) is 11.5 Å². The van der Waals surface area contributed by atoms with Crippen molar-refractivity contribution in [2.75, 3.05) is 17.3 Å². The molecule has 2 rings (SSSR count). The van der Waals surface area contributed by atoms with Gasteiger partial charge in [-0.15, -0.1) is 0 Å². The van der Waals surface area contributed by atoms with Crippen molar-refractivity contribution in [3.05, 3.63) is 22.2 Å². The van der Waals surface area contributed by atoms with Crippen LogP contribution < -0.4 is 16.6 Å². The van der Waals surface area contributed by atoms with E-state index in [9.17, 15) is 10.1 Å². The minimum atomic E-state index is -0.435. The molecule has 104 valence electrons. The Bertz CT molecular complexity index is 473. The molecule has 7 nitrogen and oxygen atoms in total. The number of anilines is 2. The molecule has 0 spiro atoms. The first-order valence-electron chi connectivity index (χ1n) is 6.46. The normalized spacial score (nSPS) is 15.9. The summed E-state index contributed by atoms with van der Waals surface area (Å²) in [7, 11) is 0. The Balaban J connectivity index is 2.11. The van der Waals surface area contributed by atoms with Gasteiger partial charge >= 0.3 is 5.69 Å². The lowest BCUT2D eigenvalue weighted by Crippen LogP contribution is -2.17. The minimum absolute atomic E-state index is 0.0219. The Hall–Kier alpha value is -1.89. The van der Waals surface area contributed by atoms with Crippen LogP contribution in [0, 0.1) is 15.5 Å². The van der Waals surface area contributed by atoms with Crippen molar-refractivity contribution in [3.8, 4) is 0 Å². The Morgan fingerprint density at radius 2 is 2.26 bits per heavy atom. The minimum Gasteiger partial charge on any atom is -0.364 e. The number of aromatic nitrogens is 1. The number of nitrogens with zero attached hydrogens (tertiary/aromatic N) is 2. The number of nitrogens with two attached hydrogens (primary N) is 1. The number of rotatable bonds is 7. The Morgan fingerprint density at radius 1 is 1.53 bits per heavy atom. The molecule has 1 fully saturated rings. The van der Waals surface area contributed by atoms with Crippen LogP contribution in [0.25, 0.3) is 0 Å². The second-order valence-corrected chi connectivity index (χ2v) is 5.07. The summed E-state index contributed by atoms with van der Waals surface area (Å²) in [6.07, 6.45) is 4.62. The van der Waals surface area contributed by atoms with Crippen molar-refractivity contribution in [2.45, 2.75) is 32.6 Å². The van der Waals surface area contributed by atoms with Crippen LogP contribution in [-0.4, -0.2) is 16.5 Å². The Morgan fingerprint density at radius 3 is 2.79 bits per heavy atom. The summed E-state index contributed by atoms with van der Waals surface area (Å²) < 4.78 is 0. The summed E-state index contributed by atoms with van der Waals surface area (Å²) in [4.78, 5) is 14.6. The van der Waals surface area contributed by atoms with Crippen molar-refractivity contribution in [2.24, 2.45) is 11.3 Å². The van der Waals surface area contributed by atoms with Crippen LogP contribution in [0.5, 0.6) is 0 Å². The van der Waals surface area contributed by atoms with Gasteiger partial charge in [-0.2, -0.15) is 0 Å². The Kier molecular flexibility index (Phi) is 3.84. The van der Waals surface area contributed by atoms with Crippen molar-refractivity contribution in [3.63, 3.8) is 0 Å². The summed E-state index contributed by atoms with van der Waals surface area (Å²) >= 11 is 0. The molecule has 19 heavy (non-hydrogen) atoms. The quantitative estimate of drug-likeness (QED) is 0.396. The highest BCUT2D eigenvalue weighted by Gasteiger charge is 2.41. The summed E-state index contributed by atoms with van der Waals surface area (Å²) in [6, 6.07) is 2.90. The Labute approximate surface area is 111 Å². The van der Waals surface area contributed by atoms with E-state index < -0.39 is 4.92 Å². The van der Waals surface area contributed by atoms with E-state index >= 15 is 0 Å². The fourth-order valence-electron chi connectivity index (χ4n) is 2.30. The molecule has 0 unspecified atom stereocenters. The third kappa shape index (κ3) is 3.11. The topological polar surface area (TPSA) is 106 Å². The van der Waals surface area contributed by atoms with Gasteiger partial charge in [-0.05, 0) is 30.7 Å². The molecule has 0 radical (unpaired) electrons. The molecular formula is C12H19N5O2. The van der Waals surface area contributed by atoms with Crippen LogP contribution in [0.1, 0.15) is 32.6 Å². The van der Waals surface area contributed by atoms with Gasteiger partial charge in [0.2, 0.25) is 5.82 Å². The zero-order chi connectivity index (χ0) is 13.9. The number of hydrogen-bond acceptors (Lipinski definition) is 6. The van der Waals surface area contributed by atoms with E-state index in [1.165, 1.54) is 25.0 Å². The van der Waals surface area contributed by atoms with Gasteiger partial charge < -0.3 is 10.7 Å². The summed E-state index contributed by atoms with van der Waals surface area (Å²) in [5, 5.41) is 14.1. The maximum Gasteiger partial charge on any atom is 0.311 e. The van der Waals surface area contributed by atoms with Crippen LogP contribution in [0.3, 0.4) is 0 Å². The molecule has 1 aromatic rings. The molecule has 0 atom stereocenters. The van der Waals surface area contributed by atoms with Gasteiger partial charge in [-0.25, -0.2) is 10.8 Å². The van der Waals surface area contributed by atoms with E-state index in [1.807, 2.05) is 0 Å². The summed E-state index contributed by atoms with van der Waals surface area (Å²) in [6.45, 7) is 2.88. The number of nitrogens with one attached hydrogen (secondary N) is 2. The third-order valence-corrected chi connectivity index (χ3v) is 3.59. The number of nitro groups is 1. The second-order valence-electron chi connectivity index (χ2n) is 5.07. The average molecular weight is 265 g/mol. The lowest BCUT2D eigenvalue weighted by molar-refractivity contribution is -0.384. The lowest BCUT2D eigenvalue weighted by atomic mass is 10.0. The number of hydrazine groups is 1. The molecule has 0 saturated heterocycles. The number of pyridine rings is 1. The van der Waals surface area contributed by atoms with Crippen LogP contribution in [-0.2, 0) is 0 Å². The van der Waals surface area contributed by atoms with Gasteiger partial charge in [0, 0.05) is 12.6 Å². The predicted octanol–water partition coefficient (Wildman–Crippen LogP) is 2.27. The molecule has 4 N–H and O–H groups in total. The number of hydrogen-bond donors (Lipinski definition) is 3. The monoisotopic (exact) mass is 265 g/mol. The highest BCUT2D eigenvalue weighted by molar-refractivity contribution is 5.60. The summed E-state index contributed by atoms with van der Waals surface area (Å²) in [5.74, 6) is 5.97. The van der Waals surface area contributed by atoms with Crippen molar-refractivity contribution >= 4 is 17.3 Å². The van der Waals surface area contributed by atoms with E-state index in [2.05, 4.69) is 22.7 Å². The molecular weight excluding hydrogens is 246 g/mol. The van der Waals surface area contributed by atoms with Crippen molar-refractivity contribution in [1.82, 2.24) is 4.98 Å².